The van der Waals surface area contributed by atoms with Crippen molar-refractivity contribution >= 4 is 41.1 Å². The maximum absolute atomic E-state index is 12.3. The topological polar surface area (TPSA) is 114 Å². The summed E-state index contributed by atoms with van der Waals surface area (Å²) in [7, 11) is 0. The highest BCUT2D eigenvalue weighted by atomic mass is 32.1. The van der Waals surface area contributed by atoms with E-state index in [1.165, 1.54) is 4.90 Å². The van der Waals surface area contributed by atoms with Crippen molar-refractivity contribution in [1.82, 2.24) is 15.5 Å². The number of nitrogens with one attached hydrogen (secondary N) is 2. The van der Waals surface area contributed by atoms with Crippen LogP contribution in [0.2, 0.25) is 0 Å². The summed E-state index contributed by atoms with van der Waals surface area (Å²) in [6.07, 6.45) is 1.73. The summed E-state index contributed by atoms with van der Waals surface area (Å²) in [6.45, 7) is 2.54. The number of carbonyl (C=O) groups is 4. The van der Waals surface area contributed by atoms with E-state index in [-0.39, 0.29) is 24.7 Å². The zero-order valence-electron chi connectivity index (χ0n) is 16.5. The van der Waals surface area contributed by atoms with E-state index in [2.05, 4.69) is 10.6 Å². The van der Waals surface area contributed by atoms with Crippen LogP contribution in [-0.4, -0.2) is 59.5 Å². The summed E-state index contributed by atoms with van der Waals surface area (Å²) < 4.78 is 9.93. The Morgan fingerprint density at radius 1 is 1.23 bits per heavy atom. The molecule has 1 saturated heterocycles. The molecule has 0 bridgehead atoms. The molecule has 0 saturated carbocycles. The van der Waals surface area contributed by atoms with Crippen LogP contribution in [0, 0.1) is 0 Å². The van der Waals surface area contributed by atoms with Gasteiger partial charge in [-0.25, -0.2) is 4.79 Å². The molecule has 160 valence electrons. The molecule has 0 spiro atoms. The van der Waals surface area contributed by atoms with Gasteiger partial charge in [0, 0.05) is 25.2 Å². The number of hydrogen-bond donors (Lipinski definition) is 2. The molecular formula is C20H23N3O6S. The number of nitrogens with zero attached hydrogens (tertiary/aromatic N) is 1. The molecule has 10 heteroatoms. The highest BCUT2D eigenvalue weighted by Gasteiger charge is 2.34. The van der Waals surface area contributed by atoms with Gasteiger partial charge in [0.25, 0.3) is 0 Å². The van der Waals surface area contributed by atoms with Crippen molar-refractivity contribution in [3.05, 3.63) is 48.0 Å². The lowest BCUT2D eigenvalue weighted by Crippen LogP contribution is -2.60. The van der Waals surface area contributed by atoms with E-state index >= 15 is 0 Å². The van der Waals surface area contributed by atoms with Crippen LogP contribution in [-0.2, 0) is 35.3 Å². The number of carbonyl (C=O) groups excluding carboxylic acids is 4. The number of hydrogen-bond acceptors (Lipinski definition) is 7. The second-order valence-electron chi connectivity index (χ2n) is 6.23. The Morgan fingerprint density at radius 3 is 2.67 bits per heavy atom. The predicted molar refractivity (Wildman–Crippen MR) is 111 cm³/mol. The maximum atomic E-state index is 12.3. The van der Waals surface area contributed by atoms with Crippen LogP contribution in [0.4, 0.5) is 0 Å². The summed E-state index contributed by atoms with van der Waals surface area (Å²) in [4.78, 5) is 49.2. The van der Waals surface area contributed by atoms with Gasteiger partial charge in [-0.1, -0.05) is 30.3 Å². The third-order valence-corrected chi connectivity index (χ3v) is 4.42. The second-order valence-corrected chi connectivity index (χ2v) is 6.62. The van der Waals surface area contributed by atoms with Crippen LogP contribution in [0.3, 0.4) is 0 Å². The third kappa shape index (κ3) is 7.28. The summed E-state index contributed by atoms with van der Waals surface area (Å²) >= 11 is 5.22. The van der Waals surface area contributed by atoms with Gasteiger partial charge in [-0.2, -0.15) is 0 Å². The Balaban J connectivity index is 1.93. The second kappa shape index (κ2) is 11.7. The zero-order chi connectivity index (χ0) is 21.9. The number of esters is 2. The molecule has 1 aromatic carbocycles. The number of piperazine rings is 1. The van der Waals surface area contributed by atoms with Gasteiger partial charge in [0.2, 0.25) is 11.8 Å². The minimum Gasteiger partial charge on any atom is -0.463 e. The minimum atomic E-state index is -0.913. The molecule has 2 amide bonds. The first kappa shape index (κ1) is 23.0. The molecule has 1 heterocycles. The first-order chi connectivity index (χ1) is 14.4. The molecule has 0 aliphatic carbocycles. The number of thiocarbonyl (C=S) groups is 1. The number of ether oxygens (including phenoxy) is 2. The fourth-order valence-corrected chi connectivity index (χ4v) is 2.99. The molecule has 1 fully saturated rings. The Kier molecular flexibility index (Phi) is 8.95. The number of amides is 2. The highest BCUT2D eigenvalue weighted by molar-refractivity contribution is 7.80. The lowest BCUT2D eigenvalue weighted by Gasteiger charge is -2.36. The van der Waals surface area contributed by atoms with Gasteiger partial charge in [-0.15, -0.1) is 0 Å². The molecule has 0 aromatic heterocycles. The molecule has 1 aliphatic rings. The van der Waals surface area contributed by atoms with Crippen LogP contribution in [0.25, 0.3) is 0 Å². The van der Waals surface area contributed by atoms with Crippen molar-refractivity contribution in [2.24, 2.45) is 0 Å². The molecule has 30 heavy (non-hydrogen) atoms. The molecule has 2 N–H and O–H groups in total. The van der Waals surface area contributed by atoms with E-state index in [4.69, 9.17) is 21.7 Å². The molecular weight excluding hydrogens is 410 g/mol. The normalized spacial score (nSPS) is 16.0. The van der Waals surface area contributed by atoms with Crippen LogP contribution in [0.15, 0.2) is 42.5 Å². The molecule has 1 aromatic rings. The van der Waals surface area contributed by atoms with E-state index in [9.17, 15) is 19.2 Å². The van der Waals surface area contributed by atoms with Gasteiger partial charge in [0.05, 0.1) is 13.0 Å². The van der Waals surface area contributed by atoms with Crippen LogP contribution in [0.5, 0.6) is 0 Å². The average Bonchev–Trinajstić information content (AvgIpc) is 2.73. The monoisotopic (exact) mass is 433 g/mol. The van der Waals surface area contributed by atoms with E-state index in [1.807, 2.05) is 30.3 Å². The van der Waals surface area contributed by atoms with Gasteiger partial charge in [0.1, 0.15) is 12.6 Å². The third-order valence-electron chi connectivity index (χ3n) is 4.08. The maximum Gasteiger partial charge on any atom is 0.330 e. The first-order valence-corrected chi connectivity index (χ1v) is 9.75. The van der Waals surface area contributed by atoms with Gasteiger partial charge in [0.15, 0.2) is 5.11 Å². The van der Waals surface area contributed by atoms with Crippen LogP contribution >= 0.6 is 12.2 Å². The molecule has 1 aliphatic heterocycles. The smallest absolute Gasteiger partial charge is 0.330 e. The lowest BCUT2D eigenvalue weighted by molar-refractivity contribution is -0.148. The Labute approximate surface area is 179 Å². The fraction of sp³-hybridized carbons (Fsp3) is 0.350. The van der Waals surface area contributed by atoms with Gasteiger partial charge < -0.3 is 19.7 Å². The SMILES string of the molecule is CCOC(=O)/C=C/C(=O)NC(=S)N1CCNC(=O)C1CC(=O)OCc1ccccc1. The van der Waals surface area contributed by atoms with Crippen molar-refractivity contribution in [1.29, 1.82) is 0 Å². The van der Waals surface area contributed by atoms with Crippen molar-refractivity contribution in [2.75, 3.05) is 19.7 Å². The molecule has 0 radical (unpaired) electrons. The summed E-state index contributed by atoms with van der Waals surface area (Å²) in [5, 5.41) is 5.06. The van der Waals surface area contributed by atoms with Gasteiger partial charge in [-0.05, 0) is 24.7 Å². The summed E-state index contributed by atoms with van der Waals surface area (Å²) in [6, 6.07) is 8.24. The Morgan fingerprint density at radius 2 is 1.97 bits per heavy atom. The van der Waals surface area contributed by atoms with Gasteiger partial charge in [-0.3, -0.25) is 19.7 Å². The average molecular weight is 433 g/mol. The molecule has 1 atom stereocenters. The van der Waals surface area contributed by atoms with Crippen molar-refractivity contribution < 1.29 is 28.7 Å². The van der Waals surface area contributed by atoms with Crippen molar-refractivity contribution in [2.45, 2.75) is 26.0 Å². The number of rotatable bonds is 7. The van der Waals surface area contributed by atoms with Gasteiger partial charge >= 0.3 is 11.9 Å². The highest BCUT2D eigenvalue weighted by Crippen LogP contribution is 2.12. The Hall–Kier alpha value is -3.27. The zero-order valence-corrected chi connectivity index (χ0v) is 17.3. The lowest BCUT2D eigenvalue weighted by atomic mass is 10.1. The number of benzene rings is 1. The Bertz CT molecular complexity index is 827. The van der Waals surface area contributed by atoms with Crippen LogP contribution < -0.4 is 10.6 Å². The largest absolute Gasteiger partial charge is 0.463 e. The standard InChI is InChI=1S/C20H23N3O6S/c1-2-28-17(25)9-8-16(24)22-20(30)23-11-10-21-19(27)15(23)12-18(26)29-13-14-6-4-3-5-7-14/h3-9,15H,2,10-13H2,1H3,(H,21,27)(H,22,24,30)/b9-8+. The molecule has 9 nitrogen and oxygen atoms in total. The fourth-order valence-electron chi connectivity index (χ4n) is 2.67. The summed E-state index contributed by atoms with van der Waals surface area (Å²) in [5.74, 6) is -2.27. The predicted octanol–water partition coefficient (Wildman–Crippen LogP) is 0.441. The van der Waals surface area contributed by atoms with E-state index < -0.39 is 29.8 Å². The first-order valence-electron chi connectivity index (χ1n) is 9.34. The molecule has 1 unspecified atom stereocenters. The summed E-state index contributed by atoms with van der Waals surface area (Å²) in [5.41, 5.74) is 0.826. The van der Waals surface area contributed by atoms with Crippen molar-refractivity contribution in [3.8, 4) is 0 Å². The minimum absolute atomic E-state index is 0.0239. The van der Waals surface area contributed by atoms with Crippen molar-refractivity contribution in [3.63, 3.8) is 0 Å². The van der Waals surface area contributed by atoms with Crippen LogP contribution in [0.1, 0.15) is 18.9 Å². The van der Waals surface area contributed by atoms with E-state index in [0.717, 1.165) is 17.7 Å². The quantitative estimate of drug-likeness (QED) is 0.362. The van der Waals surface area contributed by atoms with E-state index in [1.54, 1.807) is 6.92 Å². The molecule has 2 rings (SSSR count). The van der Waals surface area contributed by atoms with E-state index in [0.29, 0.717) is 13.1 Å².